The number of halogens is 2. The normalized spacial score (nSPS) is 28.5. The zero-order valence-corrected chi connectivity index (χ0v) is 17.5. The van der Waals surface area contributed by atoms with Gasteiger partial charge in [-0.3, -0.25) is 4.79 Å². The number of nitrogens with one attached hydrogen (secondary N) is 1. The molecule has 9 heteroatoms. The Balaban J connectivity index is 1.31. The highest BCUT2D eigenvalue weighted by molar-refractivity contribution is 9.10. The van der Waals surface area contributed by atoms with E-state index in [1.165, 1.54) is 23.3 Å². The van der Waals surface area contributed by atoms with E-state index in [4.69, 9.17) is 0 Å². The van der Waals surface area contributed by atoms with Gasteiger partial charge in [0.2, 0.25) is 0 Å². The van der Waals surface area contributed by atoms with Crippen molar-refractivity contribution in [2.45, 2.75) is 24.9 Å². The Labute approximate surface area is 180 Å². The molecule has 2 aliphatic carbocycles. The highest BCUT2D eigenvalue weighted by Crippen LogP contribution is 2.71. The SMILES string of the molecule is O=C(c1cccc(F)c1-n1nccn1)N1CC2CC23CC(Nc2ccc(Br)cn2)C13. The van der Waals surface area contributed by atoms with E-state index in [2.05, 4.69) is 36.4 Å². The molecule has 2 aromatic heterocycles. The predicted molar refractivity (Wildman–Crippen MR) is 111 cm³/mol. The second-order valence-electron chi connectivity index (χ2n) is 8.31. The third-order valence-corrected chi connectivity index (χ3v) is 7.23. The van der Waals surface area contributed by atoms with Crippen LogP contribution in [0, 0.1) is 17.2 Å². The van der Waals surface area contributed by atoms with Gasteiger partial charge >= 0.3 is 0 Å². The van der Waals surface area contributed by atoms with Crippen LogP contribution in [0.2, 0.25) is 0 Å². The summed E-state index contributed by atoms with van der Waals surface area (Å²) < 4.78 is 15.6. The first-order chi connectivity index (χ1) is 14.6. The topological polar surface area (TPSA) is 75.9 Å². The maximum Gasteiger partial charge on any atom is 0.256 e. The largest absolute Gasteiger partial charge is 0.365 e. The van der Waals surface area contributed by atoms with Crippen LogP contribution in [-0.4, -0.2) is 49.4 Å². The first kappa shape index (κ1) is 18.0. The molecule has 2 saturated carbocycles. The molecule has 1 spiro atoms. The molecule has 4 unspecified atom stereocenters. The lowest BCUT2D eigenvalue weighted by atomic mass is 9.71. The first-order valence-electron chi connectivity index (χ1n) is 9.91. The summed E-state index contributed by atoms with van der Waals surface area (Å²) in [5.41, 5.74) is 0.593. The van der Waals surface area contributed by atoms with Gasteiger partial charge in [-0.1, -0.05) is 6.07 Å². The third-order valence-electron chi connectivity index (χ3n) is 6.76. The van der Waals surface area contributed by atoms with Crippen molar-refractivity contribution in [1.29, 1.82) is 0 Å². The number of anilines is 1. The van der Waals surface area contributed by atoms with Gasteiger partial charge in [-0.15, -0.1) is 4.80 Å². The molecule has 7 nitrogen and oxygen atoms in total. The van der Waals surface area contributed by atoms with Gasteiger partial charge in [0, 0.05) is 23.3 Å². The fraction of sp³-hybridized carbons (Fsp3) is 0.333. The number of amides is 1. The molecule has 1 N–H and O–H groups in total. The summed E-state index contributed by atoms with van der Waals surface area (Å²) in [6.45, 7) is 0.706. The summed E-state index contributed by atoms with van der Waals surface area (Å²) in [4.78, 5) is 21.0. The minimum Gasteiger partial charge on any atom is -0.365 e. The number of carbonyl (C=O) groups excluding carboxylic acids is 1. The van der Waals surface area contributed by atoms with Gasteiger partial charge in [0.15, 0.2) is 5.82 Å². The monoisotopic (exact) mass is 468 g/mol. The summed E-state index contributed by atoms with van der Waals surface area (Å²) >= 11 is 3.40. The van der Waals surface area contributed by atoms with Crippen molar-refractivity contribution in [1.82, 2.24) is 24.9 Å². The van der Waals surface area contributed by atoms with Gasteiger partial charge in [0.1, 0.15) is 11.5 Å². The van der Waals surface area contributed by atoms with Gasteiger partial charge in [-0.2, -0.15) is 10.2 Å². The van der Waals surface area contributed by atoms with Gasteiger partial charge in [-0.05, 0) is 64.4 Å². The van der Waals surface area contributed by atoms with E-state index in [0.717, 1.165) is 23.1 Å². The molecule has 30 heavy (non-hydrogen) atoms. The fourth-order valence-electron chi connectivity index (χ4n) is 5.39. The smallest absolute Gasteiger partial charge is 0.256 e. The van der Waals surface area contributed by atoms with Gasteiger partial charge in [0.05, 0.1) is 24.0 Å². The Kier molecular flexibility index (Phi) is 3.80. The molecule has 1 amide bonds. The highest BCUT2D eigenvalue weighted by Gasteiger charge is 2.75. The molecule has 3 aliphatic rings. The lowest BCUT2D eigenvalue weighted by molar-refractivity contribution is 0.0471. The summed E-state index contributed by atoms with van der Waals surface area (Å²) in [6, 6.07) is 8.62. The number of pyridine rings is 1. The standard InChI is InChI=1S/C21H18BrFN6O/c22-13-4-5-17(24-10-13)27-16-9-21-8-12(21)11-28(19(16)21)20(30)14-2-1-3-15(23)18(14)29-25-6-7-26-29/h1-7,10,12,16,19H,8-9,11H2,(H,24,27). The molecule has 0 bridgehead atoms. The molecule has 1 aromatic carbocycles. The molecule has 152 valence electrons. The molecular formula is C21H18BrFN6O. The van der Waals surface area contributed by atoms with Crippen molar-refractivity contribution in [3.05, 3.63) is 64.8 Å². The number of aromatic nitrogens is 4. The summed E-state index contributed by atoms with van der Waals surface area (Å²) in [7, 11) is 0. The van der Waals surface area contributed by atoms with Crippen molar-refractivity contribution >= 4 is 27.7 Å². The molecule has 3 fully saturated rings. The Hall–Kier alpha value is -2.81. The molecular weight excluding hydrogens is 451 g/mol. The third kappa shape index (κ3) is 2.54. The summed E-state index contributed by atoms with van der Waals surface area (Å²) in [5, 5.41) is 11.6. The van der Waals surface area contributed by atoms with Crippen molar-refractivity contribution in [2.75, 3.05) is 11.9 Å². The maximum absolute atomic E-state index is 14.6. The van der Waals surface area contributed by atoms with Gasteiger partial charge in [0.25, 0.3) is 5.91 Å². The number of hydrogen-bond acceptors (Lipinski definition) is 5. The van der Waals surface area contributed by atoms with E-state index in [9.17, 15) is 9.18 Å². The molecule has 4 atom stereocenters. The quantitative estimate of drug-likeness (QED) is 0.635. The zero-order valence-electron chi connectivity index (χ0n) is 15.9. The lowest BCUT2D eigenvalue weighted by Gasteiger charge is -2.48. The van der Waals surface area contributed by atoms with Crippen LogP contribution in [-0.2, 0) is 0 Å². The number of para-hydroxylation sites is 1. The van der Waals surface area contributed by atoms with Crippen molar-refractivity contribution in [2.24, 2.45) is 11.3 Å². The maximum atomic E-state index is 14.6. The van der Waals surface area contributed by atoms with Crippen LogP contribution in [0.5, 0.6) is 0 Å². The Bertz CT molecular complexity index is 1140. The average Bonchev–Trinajstić information content (AvgIpc) is 3.09. The van der Waals surface area contributed by atoms with Crippen LogP contribution < -0.4 is 5.32 Å². The number of nitrogens with zero attached hydrogens (tertiary/aromatic N) is 5. The molecule has 0 radical (unpaired) electrons. The second-order valence-corrected chi connectivity index (χ2v) is 9.22. The Morgan fingerprint density at radius 1 is 1.20 bits per heavy atom. The average molecular weight is 469 g/mol. The molecule has 1 aliphatic heterocycles. The van der Waals surface area contributed by atoms with Crippen LogP contribution in [0.25, 0.3) is 5.69 Å². The van der Waals surface area contributed by atoms with E-state index in [0.29, 0.717) is 12.5 Å². The van der Waals surface area contributed by atoms with Crippen molar-refractivity contribution < 1.29 is 9.18 Å². The molecule has 6 rings (SSSR count). The van der Waals surface area contributed by atoms with E-state index in [1.807, 2.05) is 17.0 Å². The predicted octanol–water partition coefficient (Wildman–Crippen LogP) is 3.28. The number of hydrogen-bond donors (Lipinski definition) is 1. The van der Waals surface area contributed by atoms with E-state index >= 15 is 0 Å². The number of rotatable bonds is 4. The van der Waals surface area contributed by atoms with E-state index in [-0.39, 0.29) is 34.7 Å². The highest BCUT2D eigenvalue weighted by atomic mass is 79.9. The van der Waals surface area contributed by atoms with Crippen molar-refractivity contribution in [3.63, 3.8) is 0 Å². The van der Waals surface area contributed by atoms with Crippen LogP contribution in [0.4, 0.5) is 10.2 Å². The molecule has 3 aromatic rings. The summed E-state index contributed by atoms with van der Waals surface area (Å²) in [6.07, 6.45) is 6.88. The molecule has 1 saturated heterocycles. The first-order valence-corrected chi connectivity index (χ1v) is 10.7. The number of carbonyl (C=O) groups is 1. The minimum atomic E-state index is -0.515. The van der Waals surface area contributed by atoms with Crippen LogP contribution in [0.15, 0.2) is 53.4 Å². The van der Waals surface area contributed by atoms with Crippen LogP contribution in [0.3, 0.4) is 0 Å². The lowest BCUT2D eigenvalue weighted by Crippen LogP contribution is -2.60. The van der Waals surface area contributed by atoms with Crippen LogP contribution >= 0.6 is 15.9 Å². The van der Waals surface area contributed by atoms with Crippen molar-refractivity contribution in [3.8, 4) is 5.69 Å². The van der Waals surface area contributed by atoms with E-state index in [1.54, 1.807) is 18.3 Å². The van der Waals surface area contributed by atoms with Crippen LogP contribution in [0.1, 0.15) is 23.2 Å². The molecule has 3 heterocycles. The second kappa shape index (κ2) is 6.34. The fourth-order valence-corrected chi connectivity index (χ4v) is 5.62. The van der Waals surface area contributed by atoms with E-state index < -0.39 is 5.82 Å². The number of likely N-dealkylation sites (tertiary alicyclic amines) is 1. The van der Waals surface area contributed by atoms with Gasteiger partial charge in [-0.25, -0.2) is 9.37 Å². The number of benzene rings is 1. The Morgan fingerprint density at radius 3 is 2.80 bits per heavy atom. The zero-order chi connectivity index (χ0) is 20.5. The summed E-state index contributed by atoms with van der Waals surface area (Å²) in [5.74, 6) is 0.635. The van der Waals surface area contributed by atoms with Gasteiger partial charge < -0.3 is 10.2 Å². The number of piperidine rings is 1. The Morgan fingerprint density at radius 2 is 2.03 bits per heavy atom. The minimum absolute atomic E-state index is 0.0853.